The van der Waals surface area contributed by atoms with Crippen LogP contribution >= 0.6 is 15.9 Å². The van der Waals surface area contributed by atoms with Gasteiger partial charge in [-0.15, -0.1) is 0 Å². The van der Waals surface area contributed by atoms with Crippen LogP contribution in [0.2, 0.25) is 0 Å². The van der Waals surface area contributed by atoms with Gasteiger partial charge in [-0.1, -0.05) is 28.8 Å². The first kappa shape index (κ1) is 20.4. The third-order valence-corrected chi connectivity index (χ3v) is 5.53. The Hall–Kier alpha value is -2.29. The molecule has 1 N–H and O–H groups in total. The first-order valence-corrected chi connectivity index (χ1v) is 9.92. The number of nitrogens with zero attached hydrogens (tertiary/aromatic N) is 1. The van der Waals surface area contributed by atoms with Gasteiger partial charge in [0.05, 0.1) is 23.9 Å². The van der Waals surface area contributed by atoms with Crippen LogP contribution in [0.4, 0.5) is 10.1 Å². The Balaban J connectivity index is 1.44. The third-order valence-electron chi connectivity index (χ3n) is 5.04. The third kappa shape index (κ3) is 4.57. The van der Waals surface area contributed by atoms with Crippen molar-refractivity contribution in [3.05, 3.63) is 28.5 Å². The summed E-state index contributed by atoms with van der Waals surface area (Å²) in [5.41, 5.74) is -0.0277. The van der Waals surface area contributed by atoms with E-state index in [1.807, 2.05) is 0 Å². The number of hydrogen-bond acceptors (Lipinski definition) is 5. The van der Waals surface area contributed by atoms with E-state index in [1.54, 1.807) is 6.07 Å². The molecule has 3 amide bonds. The number of hydrogen-bond donors (Lipinski definition) is 1. The van der Waals surface area contributed by atoms with Gasteiger partial charge in [-0.25, -0.2) is 4.39 Å². The molecule has 0 spiro atoms. The van der Waals surface area contributed by atoms with E-state index in [2.05, 4.69) is 21.2 Å². The van der Waals surface area contributed by atoms with Crippen molar-refractivity contribution in [3.8, 4) is 0 Å². The molecule has 2 aliphatic rings. The normalized spacial score (nSPS) is 21.4. The average Bonchev–Trinajstić information content (AvgIpc) is 2.91. The van der Waals surface area contributed by atoms with E-state index in [0.29, 0.717) is 17.3 Å². The van der Waals surface area contributed by atoms with Crippen molar-refractivity contribution in [2.24, 2.45) is 11.8 Å². The lowest BCUT2D eigenvalue weighted by Gasteiger charge is -2.19. The molecule has 1 aromatic carbocycles. The highest BCUT2D eigenvalue weighted by Crippen LogP contribution is 2.37. The highest BCUT2D eigenvalue weighted by Gasteiger charge is 2.47. The van der Waals surface area contributed by atoms with Crippen LogP contribution in [0.5, 0.6) is 0 Å². The molecule has 7 nitrogen and oxygen atoms in total. The number of ether oxygens (including phenoxy) is 1. The Bertz CT molecular complexity index is 792. The summed E-state index contributed by atoms with van der Waals surface area (Å²) in [4.78, 5) is 49.5. The second kappa shape index (κ2) is 8.81. The fourth-order valence-electron chi connectivity index (χ4n) is 3.65. The summed E-state index contributed by atoms with van der Waals surface area (Å²) in [5.74, 6) is -2.97. The lowest BCUT2D eigenvalue weighted by molar-refractivity contribution is -0.148. The number of benzene rings is 1. The molecule has 2 fully saturated rings. The van der Waals surface area contributed by atoms with Crippen molar-refractivity contribution in [1.82, 2.24) is 4.90 Å². The van der Waals surface area contributed by atoms with Crippen LogP contribution < -0.4 is 5.32 Å². The van der Waals surface area contributed by atoms with Crippen molar-refractivity contribution in [2.75, 3.05) is 18.5 Å². The first-order valence-electron chi connectivity index (χ1n) is 9.12. The zero-order chi connectivity index (χ0) is 20.3. The summed E-state index contributed by atoms with van der Waals surface area (Å²) >= 11 is 3.11. The van der Waals surface area contributed by atoms with Crippen LogP contribution in [0.3, 0.4) is 0 Å². The minimum atomic E-state index is -0.707. The van der Waals surface area contributed by atoms with Crippen LogP contribution in [0.15, 0.2) is 22.7 Å². The number of carbonyl (C=O) groups is 4. The smallest absolute Gasteiger partial charge is 0.308 e. The molecule has 1 aromatic rings. The Morgan fingerprint density at radius 3 is 2.43 bits per heavy atom. The lowest BCUT2D eigenvalue weighted by Crippen LogP contribution is -2.33. The number of esters is 1. The highest BCUT2D eigenvalue weighted by molar-refractivity contribution is 9.10. The summed E-state index contributed by atoms with van der Waals surface area (Å²) in [6.07, 6.45) is 3.11. The van der Waals surface area contributed by atoms with Crippen LogP contribution in [0.1, 0.15) is 32.1 Å². The van der Waals surface area contributed by atoms with Crippen molar-refractivity contribution in [3.63, 3.8) is 0 Å². The van der Waals surface area contributed by atoms with Gasteiger partial charge in [-0.3, -0.25) is 24.1 Å². The number of anilines is 1. The summed E-state index contributed by atoms with van der Waals surface area (Å²) in [5, 5.41) is 2.31. The molecule has 0 bridgehead atoms. The van der Waals surface area contributed by atoms with E-state index in [9.17, 15) is 23.6 Å². The molecule has 1 saturated heterocycles. The van der Waals surface area contributed by atoms with Gasteiger partial charge in [-0.2, -0.15) is 0 Å². The molecule has 1 heterocycles. The first-order chi connectivity index (χ1) is 13.4. The second-order valence-electron chi connectivity index (χ2n) is 6.91. The van der Waals surface area contributed by atoms with Crippen LogP contribution in [-0.2, 0) is 23.9 Å². The van der Waals surface area contributed by atoms with Crippen molar-refractivity contribution >= 4 is 45.3 Å². The Morgan fingerprint density at radius 2 is 1.82 bits per heavy atom. The Labute approximate surface area is 169 Å². The van der Waals surface area contributed by atoms with Gasteiger partial charge in [0.25, 0.3) is 5.91 Å². The molecule has 28 heavy (non-hydrogen) atoms. The van der Waals surface area contributed by atoms with Gasteiger partial charge in [-0.05, 0) is 31.0 Å². The molecule has 1 aliphatic heterocycles. The molecular formula is C19H20BrFN2O5. The molecule has 1 aliphatic carbocycles. The largest absolute Gasteiger partial charge is 0.456 e. The quantitative estimate of drug-likeness (QED) is 0.526. The molecule has 1 saturated carbocycles. The van der Waals surface area contributed by atoms with E-state index in [4.69, 9.17) is 4.74 Å². The number of nitrogens with one attached hydrogen (secondary N) is 1. The SMILES string of the molecule is O=C(COC(=O)CCN1C(=O)[C@H]2CCCC[C@H]2C1=O)Nc1ccc(Br)cc1F. The molecule has 3 rings (SSSR count). The molecular weight excluding hydrogens is 435 g/mol. The maximum atomic E-state index is 13.7. The maximum absolute atomic E-state index is 13.7. The molecule has 150 valence electrons. The second-order valence-corrected chi connectivity index (χ2v) is 7.82. The monoisotopic (exact) mass is 454 g/mol. The van der Waals surface area contributed by atoms with Gasteiger partial charge >= 0.3 is 5.97 Å². The van der Waals surface area contributed by atoms with E-state index in [1.165, 1.54) is 12.1 Å². The summed E-state index contributed by atoms with van der Waals surface area (Å²) in [6, 6.07) is 4.14. The summed E-state index contributed by atoms with van der Waals surface area (Å²) < 4.78 is 19.1. The number of halogens is 2. The number of fused-ring (bicyclic) bond motifs is 1. The van der Waals surface area contributed by atoms with Crippen LogP contribution in [-0.4, -0.2) is 41.7 Å². The standard InChI is InChI=1S/C19H20BrFN2O5/c20-11-5-6-15(14(21)9-11)22-16(24)10-28-17(25)7-8-23-18(26)12-3-1-2-4-13(12)19(23)27/h5-6,9,12-13H,1-4,7-8,10H2,(H,22,24)/t12-,13+. The summed E-state index contributed by atoms with van der Waals surface area (Å²) in [7, 11) is 0. The van der Waals surface area contributed by atoms with E-state index in [0.717, 1.165) is 17.7 Å². The van der Waals surface area contributed by atoms with Gasteiger partial charge < -0.3 is 10.1 Å². The van der Waals surface area contributed by atoms with Crippen molar-refractivity contribution in [2.45, 2.75) is 32.1 Å². The zero-order valence-electron chi connectivity index (χ0n) is 15.1. The number of carbonyl (C=O) groups excluding carboxylic acids is 4. The van der Waals surface area contributed by atoms with Crippen molar-refractivity contribution in [1.29, 1.82) is 0 Å². The van der Waals surface area contributed by atoms with E-state index >= 15 is 0 Å². The lowest BCUT2D eigenvalue weighted by atomic mass is 9.81. The minimum absolute atomic E-state index is 0.0277. The average molecular weight is 455 g/mol. The fraction of sp³-hybridized carbons (Fsp3) is 0.474. The fourth-order valence-corrected chi connectivity index (χ4v) is 3.98. The zero-order valence-corrected chi connectivity index (χ0v) is 16.7. The highest BCUT2D eigenvalue weighted by atomic mass is 79.9. The Kier molecular flexibility index (Phi) is 6.43. The summed E-state index contributed by atoms with van der Waals surface area (Å²) in [6.45, 7) is -0.631. The van der Waals surface area contributed by atoms with Gasteiger partial charge in [0, 0.05) is 11.0 Å². The van der Waals surface area contributed by atoms with Gasteiger partial charge in [0.1, 0.15) is 5.82 Å². The van der Waals surface area contributed by atoms with E-state index < -0.39 is 24.3 Å². The Morgan fingerprint density at radius 1 is 1.18 bits per heavy atom. The van der Waals surface area contributed by atoms with Crippen molar-refractivity contribution < 1.29 is 28.3 Å². The predicted molar refractivity (Wildman–Crippen MR) is 100 cm³/mol. The topological polar surface area (TPSA) is 92.8 Å². The molecule has 0 aromatic heterocycles. The van der Waals surface area contributed by atoms with Crippen LogP contribution in [0.25, 0.3) is 0 Å². The maximum Gasteiger partial charge on any atom is 0.308 e. The number of rotatable bonds is 6. The van der Waals surface area contributed by atoms with Gasteiger partial charge in [0.15, 0.2) is 6.61 Å². The van der Waals surface area contributed by atoms with Gasteiger partial charge in [0.2, 0.25) is 11.8 Å². The molecule has 0 unspecified atom stereocenters. The number of imide groups is 1. The number of amides is 3. The molecule has 0 radical (unpaired) electrons. The molecule has 2 atom stereocenters. The number of likely N-dealkylation sites (tertiary alicyclic amines) is 1. The predicted octanol–water partition coefficient (Wildman–Crippen LogP) is 2.64. The minimum Gasteiger partial charge on any atom is -0.456 e. The van der Waals surface area contributed by atoms with Crippen LogP contribution in [0, 0.1) is 17.7 Å². The molecule has 9 heteroatoms. The van der Waals surface area contributed by atoms with E-state index in [-0.39, 0.29) is 42.3 Å².